The Hall–Kier alpha value is -0.0800. The van der Waals surface area contributed by atoms with Crippen LogP contribution < -0.4 is 0 Å². The lowest BCUT2D eigenvalue weighted by Gasteiger charge is -2.39. The maximum absolute atomic E-state index is 10.3. The van der Waals surface area contributed by atoms with E-state index in [0.29, 0.717) is 6.04 Å². The molecular formula is C15H27NO. The van der Waals surface area contributed by atoms with Crippen LogP contribution in [0.4, 0.5) is 0 Å². The van der Waals surface area contributed by atoms with E-state index in [1.54, 1.807) is 0 Å². The number of hydrogen-bond donors (Lipinski definition) is 1. The van der Waals surface area contributed by atoms with E-state index >= 15 is 0 Å². The van der Waals surface area contributed by atoms with Crippen molar-refractivity contribution in [3.05, 3.63) is 0 Å². The first-order valence-corrected chi connectivity index (χ1v) is 7.70. The van der Waals surface area contributed by atoms with Crippen LogP contribution in [-0.4, -0.2) is 35.2 Å². The van der Waals surface area contributed by atoms with Crippen molar-refractivity contribution in [3.8, 4) is 0 Å². The number of fused-ring (bicyclic) bond motifs is 1. The molecule has 3 fully saturated rings. The molecule has 0 aromatic heterocycles. The molecule has 0 bridgehead atoms. The highest BCUT2D eigenvalue weighted by Gasteiger charge is 2.41. The zero-order chi connectivity index (χ0) is 11.8. The Morgan fingerprint density at radius 1 is 1.06 bits per heavy atom. The normalized spacial score (nSPS) is 47.3. The van der Waals surface area contributed by atoms with E-state index < -0.39 is 0 Å². The molecule has 1 aliphatic heterocycles. The Kier molecular flexibility index (Phi) is 3.45. The van der Waals surface area contributed by atoms with Crippen LogP contribution in [0.15, 0.2) is 0 Å². The molecule has 2 nitrogen and oxygen atoms in total. The number of aliphatic hydroxyl groups is 1. The molecule has 5 unspecified atom stereocenters. The highest BCUT2D eigenvalue weighted by atomic mass is 16.3. The van der Waals surface area contributed by atoms with Crippen LogP contribution in [0.3, 0.4) is 0 Å². The van der Waals surface area contributed by atoms with E-state index in [-0.39, 0.29) is 6.10 Å². The Labute approximate surface area is 105 Å². The topological polar surface area (TPSA) is 23.5 Å². The lowest BCUT2D eigenvalue weighted by atomic mass is 9.81. The van der Waals surface area contributed by atoms with Crippen molar-refractivity contribution in [2.24, 2.45) is 17.8 Å². The van der Waals surface area contributed by atoms with Crippen molar-refractivity contribution in [1.82, 2.24) is 4.90 Å². The highest BCUT2D eigenvalue weighted by molar-refractivity contribution is 4.95. The molecule has 98 valence electrons. The average molecular weight is 237 g/mol. The van der Waals surface area contributed by atoms with Gasteiger partial charge in [0.25, 0.3) is 0 Å². The predicted molar refractivity (Wildman–Crippen MR) is 69.8 cm³/mol. The largest absolute Gasteiger partial charge is 0.391 e. The number of likely N-dealkylation sites (tertiary alicyclic amines) is 1. The Morgan fingerprint density at radius 2 is 1.76 bits per heavy atom. The van der Waals surface area contributed by atoms with Crippen molar-refractivity contribution in [1.29, 1.82) is 0 Å². The van der Waals surface area contributed by atoms with E-state index in [2.05, 4.69) is 11.8 Å². The summed E-state index contributed by atoms with van der Waals surface area (Å²) in [4.78, 5) is 2.64. The Morgan fingerprint density at radius 3 is 2.41 bits per heavy atom. The third-order valence-electron chi connectivity index (χ3n) is 5.69. The van der Waals surface area contributed by atoms with Crippen LogP contribution in [0.25, 0.3) is 0 Å². The summed E-state index contributed by atoms with van der Waals surface area (Å²) in [5.41, 5.74) is 0. The second-order valence-electron chi connectivity index (χ2n) is 6.63. The minimum Gasteiger partial charge on any atom is -0.391 e. The first kappa shape index (κ1) is 12.0. The predicted octanol–water partition coefficient (Wildman–Crippen LogP) is 2.66. The molecule has 0 amide bonds. The third-order valence-corrected chi connectivity index (χ3v) is 5.69. The SMILES string of the molecule is CCC1CCC(O)C(N2CC3CCCC3C2)C1. The summed E-state index contributed by atoms with van der Waals surface area (Å²) in [6.45, 7) is 4.86. The van der Waals surface area contributed by atoms with Gasteiger partial charge in [0.1, 0.15) is 0 Å². The number of aliphatic hydroxyl groups excluding tert-OH is 1. The van der Waals surface area contributed by atoms with Gasteiger partial charge in [0.05, 0.1) is 6.10 Å². The van der Waals surface area contributed by atoms with Crippen molar-refractivity contribution in [2.75, 3.05) is 13.1 Å². The van der Waals surface area contributed by atoms with Gasteiger partial charge in [-0.05, 0) is 49.9 Å². The summed E-state index contributed by atoms with van der Waals surface area (Å²) >= 11 is 0. The van der Waals surface area contributed by atoms with E-state index in [9.17, 15) is 5.11 Å². The van der Waals surface area contributed by atoms with Gasteiger partial charge in [-0.25, -0.2) is 0 Å². The van der Waals surface area contributed by atoms with E-state index in [0.717, 1.165) is 24.2 Å². The van der Waals surface area contributed by atoms with Crippen molar-refractivity contribution >= 4 is 0 Å². The van der Waals surface area contributed by atoms with Gasteiger partial charge in [0.15, 0.2) is 0 Å². The van der Waals surface area contributed by atoms with Crippen LogP contribution in [0, 0.1) is 17.8 Å². The van der Waals surface area contributed by atoms with Gasteiger partial charge in [-0.1, -0.05) is 19.8 Å². The van der Waals surface area contributed by atoms with Gasteiger partial charge >= 0.3 is 0 Å². The number of rotatable bonds is 2. The van der Waals surface area contributed by atoms with E-state index in [1.807, 2.05) is 0 Å². The summed E-state index contributed by atoms with van der Waals surface area (Å²) in [5, 5.41) is 10.3. The molecule has 2 aliphatic carbocycles. The highest BCUT2D eigenvalue weighted by Crippen LogP contribution is 2.41. The Bertz CT molecular complexity index is 256. The van der Waals surface area contributed by atoms with Gasteiger partial charge in [-0.2, -0.15) is 0 Å². The molecule has 3 aliphatic rings. The lowest BCUT2D eigenvalue weighted by molar-refractivity contribution is 0.00932. The summed E-state index contributed by atoms with van der Waals surface area (Å²) in [6.07, 6.45) is 9.12. The molecule has 0 aromatic carbocycles. The van der Waals surface area contributed by atoms with Crippen molar-refractivity contribution in [2.45, 2.75) is 64.0 Å². The molecule has 2 saturated carbocycles. The smallest absolute Gasteiger partial charge is 0.0695 e. The maximum Gasteiger partial charge on any atom is 0.0695 e. The first-order chi connectivity index (χ1) is 8.28. The second-order valence-corrected chi connectivity index (χ2v) is 6.63. The van der Waals surface area contributed by atoms with Gasteiger partial charge in [0.2, 0.25) is 0 Å². The minimum absolute atomic E-state index is 0.0448. The molecule has 17 heavy (non-hydrogen) atoms. The fraction of sp³-hybridized carbons (Fsp3) is 1.00. The molecular weight excluding hydrogens is 210 g/mol. The summed E-state index contributed by atoms with van der Waals surface area (Å²) in [7, 11) is 0. The molecule has 2 heteroatoms. The fourth-order valence-electron chi connectivity index (χ4n) is 4.52. The summed E-state index contributed by atoms with van der Waals surface area (Å²) < 4.78 is 0. The molecule has 1 N–H and O–H groups in total. The second kappa shape index (κ2) is 4.89. The van der Waals surface area contributed by atoms with E-state index in [1.165, 1.54) is 51.6 Å². The third kappa shape index (κ3) is 2.26. The maximum atomic E-state index is 10.3. The Balaban J connectivity index is 1.63. The zero-order valence-corrected chi connectivity index (χ0v) is 11.1. The summed E-state index contributed by atoms with van der Waals surface area (Å²) in [5.74, 6) is 2.79. The van der Waals surface area contributed by atoms with Gasteiger partial charge in [0, 0.05) is 19.1 Å². The first-order valence-electron chi connectivity index (χ1n) is 7.70. The van der Waals surface area contributed by atoms with Gasteiger partial charge < -0.3 is 5.11 Å². The van der Waals surface area contributed by atoms with Crippen LogP contribution in [0.2, 0.25) is 0 Å². The monoisotopic (exact) mass is 237 g/mol. The van der Waals surface area contributed by atoms with Crippen LogP contribution >= 0.6 is 0 Å². The van der Waals surface area contributed by atoms with E-state index in [4.69, 9.17) is 0 Å². The average Bonchev–Trinajstić information content (AvgIpc) is 2.90. The summed E-state index contributed by atoms with van der Waals surface area (Å²) in [6, 6.07) is 0.485. The molecule has 0 aromatic rings. The molecule has 5 atom stereocenters. The quantitative estimate of drug-likeness (QED) is 0.798. The standard InChI is InChI=1S/C15H27NO/c1-2-11-6-7-15(17)14(8-11)16-9-12-4-3-5-13(12)10-16/h11-15,17H,2-10H2,1H3. The number of nitrogens with zero attached hydrogens (tertiary/aromatic N) is 1. The molecule has 0 spiro atoms. The van der Waals surface area contributed by atoms with Crippen LogP contribution in [0.5, 0.6) is 0 Å². The van der Waals surface area contributed by atoms with Crippen molar-refractivity contribution < 1.29 is 5.11 Å². The molecule has 3 rings (SSSR count). The van der Waals surface area contributed by atoms with Crippen LogP contribution in [-0.2, 0) is 0 Å². The lowest BCUT2D eigenvalue weighted by Crippen LogP contribution is -2.46. The zero-order valence-electron chi connectivity index (χ0n) is 11.1. The molecule has 1 heterocycles. The minimum atomic E-state index is -0.0448. The van der Waals surface area contributed by atoms with Gasteiger partial charge in [-0.15, -0.1) is 0 Å². The molecule has 1 saturated heterocycles. The van der Waals surface area contributed by atoms with Crippen LogP contribution in [0.1, 0.15) is 51.9 Å². The van der Waals surface area contributed by atoms with Gasteiger partial charge in [-0.3, -0.25) is 4.90 Å². The number of hydrogen-bond acceptors (Lipinski definition) is 2. The fourth-order valence-corrected chi connectivity index (χ4v) is 4.52. The van der Waals surface area contributed by atoms with Crippen molar-refractivity contribution in [3.63, 3.8) is 0 Å². The molecule has 0 radical (unpaired) electrons.